The first-order valence-electron chi connectivity index (χ1n) is 9.33. The molecule has 10 nitrogen and oxygen atoms in total. The fraction of sp³-hybridized carbons (Fsp3) is 0.300. The quantitative estimate of drug-likeness (QED) is 0.461. The van der Waals surface area contributed by atoms with Gasteiger partial charge in [-0.05, 0) is 30.0 Å². The van der Waals surface area contributed by atoms with Crippen LogP contribution in [0.15, 0.2) is 36.8 Å². The van der Waals surface area contributed by atoms with Gasteiger partial charge in [0.1, 0.15) is 11.9 Å². The maximum Gasteiger partial charge on any atom is 0.271 e. The van der Waals surface area contributed by atoms with Crippen LogP contribution in [-0.4, -0.2) is 37.8 Å². The molecule has 0 saturated carbocycles. The summed E-state index contributed by atoms with van der Waals surface area (Å²) in [6, 6.07) is 4.74. The molecule has 1 atom stereocenters. The minimum Gasteiger partial charge on any atom is -0.368 e. The van der Waals surface area contributed by atoms with E-state index in [1.807, 2.05) is 26.8 Å². The molecule has 0 saturated heterocycles. The zero-order valence-corrected chi connectivity index (χ0v) is 17.0. The lowest BCUT2D eigenvalue weighted by molar-refractivity contribution is -0.119. The van der Waals surface area contributed by atoms with Crippen LogP contribution in [0.25, 0.3) is 11.0 Å². The van der Waals surface area contributed by atoms with E-state index in [1.54, 1.807) is 24.5 Å². The Morgan fingerprint density at radius 1 is 1.10 bits per heavy atom. The number of fused-ring (bicyclic) bond motifs is 1. The molecule has 0 unspecified atom stereocenters. The Kier molecular flexibility index (Phi) is 5.77. The number of pyridine rings is 2. The van der Waals surface area contributed by atoms with Crippen LogP contribution in [-0.2, 0) is 4.79 Å². The largest absolute Gasteiger partial charge is 0.368 e. The van der Waals surface area contributed by atoms with Crippen LogP contribution in [0.2, 0.25) is 0 Å². The maximum atomic E-state index is 11.9. The first-order valence-corrected chi connectivity index (χ1v) is 9.33. The number of carbonyl (C=O) groups excluding carboxylic acids is 2. The third-order valence-corrected chi connectivity index (χ3v) is 4.20. The Morgan fingerprint density at radius 3 is 2.53 bits per heavy atom. The zero-order chi connectivity index (χ0) is 21.9. The number of hydrogen-bond acceptors (Lipinski definition) is 8. The Morgan fingerprint density at radius 2 is 1.87 bits per heavy atom. The van der Waals surface area contributed by atoms with Gasteiger partial charge in [-0.15, -0.1) is 0 Å². The molecule has 0 fully saturated rings. The van der Waals surface area contributed by atoms with Crippen LogP contribution in [0, 0.1) is 5.41 Å². The van der Waals surface area contributed by atoms with E-state index in [2.05, 4.69) is 30.6 Å². The molecule has 30 heavy (non-hydrogen) atoms. The maximum absolute atomic E-state index is 11.9. The minimum atomic E-state index is -0.746. The van der Waals surface area contributed by atoms with Gasteiger partial charge in [0.2, 0.25) is 5.91 Å². The summed E-state index contributed by atoms with van der Waals surface area (Å²) in [7, 11) is 0. The molecule has 0 aromatic carbocycles. The number of nitrogens with zero attached hydrogens (tertiary/aromatic N) is 4. The van der Waals surface area contributed by atoms with E-state index in [0.29, 0.717) is 17.6 Å². The van der Waals surface area contributed by atoms with Gasteiger partial charge < -0.3 is 22.1 Å². The normalized spacial score (nSPS) is 12.4. The van der Waals surface area contributed by atoms with E-state index < -0.39 is 17.9 Å². The number of amides is 2. The molecule has 156 valence electrons. The Hall–Kier alpha value is -3.82. The summed E-state index contributed by atoms with van der Waals surface area (Å²) in [5.74, 6) is -0.847. The smallest absolute Gasteiger partial charge is 0.271 e. The highest BCUT2D eigenvalue weighted by molar-refractivity contribution is 5.96. The highest BCUT2D eigenvalue weighted by Gasteiger charge is 2.24. The Labute approximate surface area is 173 Å². The van der Waals surface area contributed by atoms with Crippen LogP contribution in [0.4, 0.5) is 17.3 Å². The van der Waals surface area contributed by atoms with Gasteiger partial charge in [-0.25, -0.2) is 9.97 Å². The van der Waals surface area contributed by atoms with Gasteiger partial charge in [0.25, 0.3) is 5.91 Å². The molecule has 3 heterocycles. The lowest BCUT2D eigenvalue weighted by Crippen LogP contribution is -2.38. The first-order chi connectivity index (χ1) is 14.1. The van der Waals surface area contributed by atoms with Gasteiger partial charge in [0.15, 0.2) is 11.5 Å². The summed E-state index contributed by atoms with van der Waals surface area (Å²) in [6.07, 6.45) is 5.07. The lowest BCUT2D eigenvalue weighted by atomic mass is 9.88. The van der Waals surface area contributed by atoms with Crippen molar-refractivity contribution in [2.45, 2.75) is 33.2 Å². The highest BCUT2D eigenvalue weighted by Crippen LogP contribution is 2.24. The van der Waals surface area contributed by atoms with E-state index in [4.69, 9.17) is 11.5 Å². The zero-order valence-electron chi connectivity index (χ0n) is 17.0. The first kappa shape index (κ1) is 20.9. The number of aromatic nitrogens is 4. The summed E-state index contributed by atoms with van der Waals surface area (Å²) < 4.78 is 0. The Bertz CT molecular complexity index is 1090. The second kappa shape index (κ2) is 8.27. The van der Waals surface area contributed by atoms with Gasteiger partial charge in [-0.2, -0.15) is 0 Å². The molecular formula is C20H24N8O2. The molecular weight excluding hydrogens is 384 g/mol. The van der Waals surface area contributed by atoms with Crippen molar-refractivity contribution in [2.75, 3.05) is 10.6 Å². The molecule has 0 spiro atoms. The number of carbonyl (C=O) groups is 2. The van der Waals surface area contributed by atoms with Crippen molar-refractivity contribution >= 4 is 40.2 Å². The summed E-state index contributed by atoms with van der Waals surface area (Å²) in [6.45, 7) is 6.00. The summed E-state index contributed by atoms with van der Waals surface area (Å²) in [5.41, 5.74) is 12.7. The van der Waals surface area contributed by atoms with Crippen LogP contribution >= 0.6 is 0 Å². The second-order valence-electron chi connectivity index (χ2n) is 8.07. The van der Waals surface area contributed by atoms with Gasteiger partial charge >= 0.3 is 0 Å². The third-order valence-electron chi connectivity index (χ3n) is 4.20. The van der Waals surface area contributed by atoms with Crippen molar-refractivity contribution in [3.05, 3.63) is 42.5 Å². The van der Waals surface area contributed by atoms with Crippen molar-refractivity contribution in [1.82, 2.24) is 19.9 Å². The van der Waals surface area contributed by atoms with E-state index in [0.717, 1.165) is 5.52 Å². The fourth-order valence-electron chi connectivity index (χ4n) is 2.90. The van der Waals surface area contributed by atoms with Gasteiger partial charge in [0.05, 0.1) is 29.1 Å². The van der Waals surface area contributed by atoms with Gasteiger partial charge in [0, 0.05) is 6.20 Å². The van der Waals surface area contributed by atoms with E-state index in [1.165, 1.54) is 6.20 Å². The fourth-order valence-corrected chi connectivity index (χ4v) is 2.90. The van der Waals surface area contributed by atoms with Crippen LogP contribution in [0.3, 0.4) is 0 Å². The average Bonchev–Trinajstić information content (AvgIpc) is 2.66. The Balaban J connectivity index is 1.92. The van der Waals surface area contributed by atoms with Crippen molar-refractivity contribution < 1.29 is 9.59 Å². The molecule has 0 bridgehead atoms. The third kappa shape index (κ3) is 5.16. The standard InChI is InChI=1S/C20H24N8O2/c1-20(2,3)8-14(17(21)29)27-15-10-25-16(18(22)30)19(28-15)26-11-7-13-12(24-9-11)5-4-6-23-13/h4-7,9-10,14H,8H2,1-3H3,(H2,21,29)(H2,22,30)(H2,26,27,28)/t14-/m1/s1. The summed E-state index contributed by atoms with van der Waals surface area (Å²) in [4.78, 5) is 40.7. The van der Waals surface area contributed by atoms with Gasteiger partial charge in [-0.3, -0.25) is 19.6 Å². The minimum absolute atomic E-state index is 0.0480. The summed E-state index contributed by atoms with van der Waals surface area (Å²) in [5, 5.41) is 5.99. The van der Waals surface area contributed by atoms with Gasteiger partial charge in [-0.1, -0.05) is 20.8 Å². The molecule has 0 radical (unpaired) electrons. The van der Waals surface area contributed by atoms with Crippen molar-refractivity contribution in [3.63, 3.8) is 0 Å². The number of anilines is 3. The topological polar surface area (TPSA) is 162 Å². The van der Waals surface area contributed by atoms with Crippen molar-refractivity contribution in [1.29, 1.82) is 0 Å². The molecule has 6 N–H and O–H groups in total. The number of hydrogen-bond donors (Lipinski definition) is 4. The average molecular weight is 408 g/mol. The summed E-state index contributed by atoms with van der Waals surface area (Å²) >= 11 is 0. The van der Waals surface area contributed by atoms with Crippen molar-refractivity contribution in [3.8, 4) is 0 Å². The van der Waals surface area contributed by atoms with E-state index in [-0.39, 0.29) is 22.7 Å². The predicted octanol–water partition coefficient (Wildman–Crippen LogP) is 1.96. The predicted molar refractivity (Wildman–Crippen MR) is 114 cm³/mol. The molecule has 0 aliphatic heterocycles. The lowest BCUT2D eigenvalue weighted by Gasteiger charge is -2.25. The molecule has 3 aromatic heterocycles. The second-order valence-corrected chi connectivity index (χ2v) is 8.07. The van der Waals surface area contributed by atoms with Crippen LogP contribution in [0.1, 0.15) is 37.7 Å². The van der Waals surface area contributed by atoms with Crippen LogP contribution < -0.4 is 22.1 Å². The molecule has 0 aliphatic carbocycles. The van der Waals surface area contributed by atoms with Crippen LogP contribution in [0.5, 0.6) is 0 Å². The molecule has 3 rings (SSSR count). The highest BCUT2D eigenvalue weighted by atomic mass is 16.1. The van der Waals surface area contributed by atoms with E-state index in [9.17, 15) is 9.59 Å². The molecule has 3 aromatic rings. The SMILES string of the molecule is CC(C)(C)C[C@@H](Nc1cnc(C(N)=O)c(Nc2cnc3cccnc3c2)n1)C(N)=O. The van der Waals surface area contributed by atoms with E-state index >= 15 is 0 Å². The molecule has 2 amide bonds. The number of rotatable bonds is 7. The number of nitrogens with one attached hydrogen (secondary N) is 2. The number of nitrogens with two attached hydrogens (primary N) is 2. The van der Waals surface area contributed by atoms with Crippen molar-refractivity contribution in [2.24, 2.45) is 16.9 Å². The monoisotopic (exact) mass is 408 g/mol. The molecule has 10 heteroatoms. The molecule has 0 aliphatic rings. The number of primary amides is 2.